The third kappa shape index (κ3) is 4.41. The van der Waals surface area contributed by atoms with Crippen LogP contribution in [0.1, 0.15) is 19.4 Å². The first-order valence-corrected chi connectivity index (χ1v) is 8.63. The number of benzene rings is 2. The van der Waals surface area contributed by atoms with Crippen LogP contribution >= 0.6 is 0 Å². The Bertz CT molecular complexity index is 886. The number of ether oxygens (including phenoxy) is 2. The minimum absolute atomic E-state index is 0.134. The number of rotatable bonds is 6. The first kappa shape index (κ1) is 18.4. The zero-order valence-corrected chi connectivity index (χ0v) is 15.2. The van der Waals surface area contributed by atoms with Gasteiger partial charge in [-0.05, 0) is 49.8 Å². The summed E-state index contributed by atoms with van der Waals surface area (Å²) < 4.78 is 10.2. The first-order valence-electron chi connectivity index (χ1n) is 8.63. The minimum atomic E-state index is -0.409. The highest BCUT2D eigenvalue weighted by Crippen LogP contribution is 2.25. The van der Waals surface area contributed by atoms with Gasteiger partial charge in [0.25, 0.3) is 5.91 Å². The molecule has 0 saturated carbocycles. The number of carbonyl (C=O) groups is 2. The van der Waals surface area contributed by atoms with Crippen LogP contribution in [0.2, 0.25) is 0 Å². The molecule has 0 fully saturated rings. The molecule has 3 rings (SSSR count). The van der Waals surface area contributed by atoms with Gasteiger partial charge < -0.3 is 9.47 Å². The largest absolute Gasteiger partial charge is 0.482 e. The van der Waals surface area contributed by atoms with E-state index in [0.717, 1.165) is 11.3 Å². The summed E-state index contributed by atoms with van der Waals surface area (Å²) in [4.78, 5) is 24.0. The average Bonchev–Trinajstić information content (AvgIpc) is 2.96. The van der Waals surface area contributed by atoms with Crippen LogP contribution in [-0.4, -0.2) is 30.8 Å². The van der Waals surface area contributed by atoms with Gasteiger partial charge in [-0.2, -0.15) is 10.1 Å². The molecule has 6 heteroatoms. The molecule has 138 valence electrons. The number of nitrogens with zero attached hydrogens (tertiary/aromatic N) is 2. The standard InChI is InChI=1S/C21H20N2O4/c1-3-26-20(24)14-27-18-11-9-16(10-12-18)13-19-15(2)22-23(21(19)25)17-7-5-4-6-8-17/h4-13H,3,14H2,1-2H3/b19-13+. The number of anilines is 1. The van der Waals surface area contributed by atoms with Crippen LogP contribution in [0.4, 0.5) is 5.69 Å². The fourth-order valence-electron chi connectivity index (χ4n) is 2.60. The van der Waals surface area contributed by atoms with E-state index >= 15 is 0 Å². The van der Waals surface area contributed by atoms with Gasteiger partial charge in [-0.25, -0.2) is 4.79 Å². The lowest BCUT2D eigenvalue weighted by molar-refractivity contribution is -0.145. The van der Waals surface area contributed by atoms with E-state index in [-0.39, 0.29) is 12.5 Å². The van der Waals surface area contributed by atoms with Crippen molar-refractivity contribution in [2.45, 2.75) is 13.8 Å². The van der Waals surface area contributed by atoms with E-state index in [9.17, 15) is 9.59 Å². The maximum atomic E-state index is 12.7. The Morgan fingerprint density at radius 2 is 1.81 bits per heavy atom. The quantitative estimate of drug-likeness (QED) is 0.582. The summed E-state index contributed by atoms with van der Waals surface area (Å²) >= 11 is 0. The molecule has 0 radical (unpaired) electrons. The molecule has 0 unspecified atom stereocenters. The van der Waals surface area contributed by atoms with Crippen LogP contribution < -0.4 is 9.75 Å². The number of esters is 1. The van der Waals surface area contributed by atoms with Crippen LogP contribution in [0.5, 0.6) is 5.75 Å². The lowest BCUT2D eigenvalue weighted by Gasteiger charge is -2.11. The highest BCUT2D eigenvalue weighted by molar-refractivity contribution is 6.32. The van der Waals surface area contributed by atoms with Gasteiger partial charge in [-0.1, -0.05) is 30.3 Å². The Hall–Kier alpha value is -3.41. The number of para-hydroxylation sites is 1. The van der Waals surface area contributed by atoms with Crippen molar-refractivity contribution in [2.75, 3.05) is 18.2 Å². The zero-order valence-electron chi connectivity index (χ0n) is 15.2. The summed E-state index contributed by atoms with van der Waals surface area (Å²) in [5.41, 5.74) is 2.77. The van der Waals surface area contributed by atoms with Gasteiger partial charge in [-0.15, -0.1) is 0 Å². The lowest BCUT2D eigenvalue weighted by Crippen LogP contribution is -2.21. The zero-order chi connectivity index (χ0) is 19.2. The molecule has 0 spiro atoms. The van der Waals surface area contributed by atoms with Crippen molar-refractivity contribution in [1.82, 2.24) is 0 Å². The van der Waals surface area contributed by atoms with E-state index in [2.05, 4.69) is 5.10 Å². The summed E-state index contributed by atoms with van der Waals surface area (Å²) in [7, 11) is 0. The molecule has 27 heavy (non-hydrogen) atoms. The third-order valence-corrected chi connectivity index (χ3v) is 3.92. The number of hydrogen-bond acceptors (Lipinski definition) is 5. The molecular weight excluding hydrogens is 344 g/mol. The summed E-state index contributed by atoms with van der Waals surface area (Å²) in [6, 6.07) is 16.4. The molecule has 0 N–H and O–H groups in total. The summed E-state index contributed by atoms with van der Waals surface area (Å²) in [5.74, 6) is -0.0197. The number of amides is 1. The van der Waals surface area contributed by atoms with Gasteiger partial charge in [0, 0.05) is 0 Å². The Morgan fingerprint density at radius 3 is 2.48 bits per heavy atom. The Labute approximate surface area is 157 Å². The molecule has 1 heterocycles. The number of hydrazone groups is 1. The normalized spacial score (nSPS) is 15.0. The molecule has 0 bridgehead atoms. The fourth-order valence-corrected chi connectivity index (χ4v) is 2.60. The first-order chi connectivity index (χ1) is 13.1. The SMILES string of the molecule is CCOC(=O)COc1ccc(/C=C2/C(=O)N(c3ccccc3)N=C2C)cc1. The van der Waals surface area contributed by atoms with Crippen molar-refractivity contribution < 1.29 is 19.1 Å². The molecule has 0 aromatic heterocycles. The van der Waals surface area contributed by atoms with Gasteiger partial charge >= 0.3 is 5.97 Å². The smallest absolute Gasteiger partial charge is 0.344 e. The molecular formula is C21H20N2O4. The van der Waals surface area contributed by atoms with E-state index in [1.807, 2.05) is 49.4 Å². The second kappa shape index (κ2) is 8.31. The van der Waals surface area contributed by atoms with Crippen LogP contribution in [0, 0.1) is 0 Å². The van der Waals surface area contributed by atoms with Crippen LogP contribution in [0.3, 0.4) is 0 Å². The van der Waals surface area contributed by atoms with Crippen LogP contribution in [0.15, 0.2) is 65.3 Å². The van der Waals surface area contributed by atoms with Crippen molar-refractivity contribution in [1.29, 1.82) is 0 Å². The summed E-state index contributed by atoms with van der Waals surface area (Å²) in [6.45, 7) is 3.74. The fraction of sp³-hybridized carbons (Fsp3) is 0.190. The molecule has 0 aliphatic carbocycles. The number of hydrogen-bond donors (Lipinski definition) is 0. The van der Waals surface area contributed by atoms with E-state index in [1.165, 1.54) is 5.01 Å². The van der Waals surface area contributed by atoms with Crippen molar-refractivity contribution in [3.05, 3.63) is 65.7 Å². The molecule has 1 amide bonds. The van der Waals surface area contributed by atoms with Gasteiger partial charge in [-0.3, -0.25) is 4.79 Å². The molecule has 2 aromatic carbocycles. The van der Waals surface area contributed by atoms with Crippen molar-refractivity contribution in [3.63, 3.8) is 0 Å². The summed E-state index contributed by atoms with van der Waals surface area (Å²) in [5, 5.41) is 5.76. The highest BCUT2D eigenvalue weighted by Gasteiger charge is 2.28. The van der Waals surface area contributed by atoms with Gasteiger partial charge in [0.2, 0.25) is 0 Å². The molecule has 1 aliphatic rings. The van der Waals surface area contributed by atoms with Crippen molar-refractivity contribution in [3.8, 4) is 5.75 Å². The maximum absolute atomic E-state index is 12.7. The van der Waals surface area contributed by atoms with Gasteiger partial charge in [0.15, 0.2) is 6.61 Å². The minimum Gasteiger partial charge on any atom is -0.482 e. The van der Waals surface area contributed by atoms with E-state index in [1.54, 1.807) is 25.1 Å². The van der Waals surface area contributed by atoms with Gasteiger partial charge in [0.1, 0.15) is 5.75 Å². The van der Waals surface area contributed by atoms with Gasteiger partial charge in [0.05, 0.1) is 23.6 Å². The monoisotopic (exact) mass is 364 g/mol. The van der Waals surface area contributed by atoms with E-state index in [4.69, 9.17) is 9.47 Å². The van der Waals surface area contributed by atoms with Crippen molar-refractivity contribution >= 4 is 29.4 Å². The van der Waals surface area contributed by atoms with Crippen LogP contribution in [-0.2, 0) is 14.3 Å². The van der Waals surface area contributed by atoms with Crippen LogP contribution in [0.25, 0.3) is 6.08 Å². The number of carbonyl (C=O) groups excluding carboxylic acids is 2. The molecule has 0 atom stereocenters. The topological polar surface area (TPSA) is 68.2 Å². The third-order valence-electron chi connectivity index (χ3n) is 3.92. The second-order valence-corrected chi connectivity index (χ2v) is 5.86. The molecule has 6 nitrogen and oxygen atoms in total. The Morgan fingerprint density at radius 1 is 1.11 bits per heavy atom. The lowest BCUT2D eigenvalue weighted by atomic mass is 10.1. The average molecular weight is 364 g/mol. The molecule has 1 aliphatic heterocycles. The second-order valence-electron chi connectivity index (χ2n) is 5.86. The Kier molecular flexibility index (Phi) is 5.66. The van der Waals surface area contributed by atoms with E-state index < -0.39 is 5.97 Å². The molecule has 2 aromatic rings. The predicted octanol–water partition coefficient (Wildman–Crippen LogP) is 3.43. The molecule has 0 saturated heterocycles. The summed E-state index contributed by atoms with van der Waals surface area (Å²) in [6.07, 6.45) is 1.79. The predicted molar refractivity (Wildman–Crippen MR) is 104 cm³/mol. The Balaban J connectivity index is 1.70. The van der Waals surface area contributed by atoms with Crippen molar-refractivity contribution in [2.24, 2.45) is 5.10 Å². The highest BCUT2D eigenvalue weighted by atomic mass is 16.6. The van der Waals surface area contributed by atoms with E-state index in [0.29, 0.717) is 23.6 Å². The maximum Gasteiger partial charge on any atom is 0.344 e.